The molecule has 2 heterocycles. The van der Waals surface area contributed by atoms with Crippen molar-refractivity contribution in [2.24, 2.45) is 5.92 Å². The second-order valence-electron chi connectivity index (χ2n) is 6.85. The molecular weight excluding hydrogens is 368 g/mol. The van der Waals surface area contributed by atoms with E-state index in [0.29, 0.717) is 17.8 Å². The third-order valence-electron chi connectivity index (χ3n) is 4.84. The lowest BCUT2D eigenvalue weighted by molar-refractivity contribution is -0.120. The van der Waals surface area contributed by atoms with Crippen LogP contribution in [0.25, 0.3) is 10.2 Å². The number of nitrogens with one attached hydrogen (secondary N) is 1. The summed E-state index contributed by atoms with van der Waals surface area (Å²) in [5, 5.41) is 3.61. The van der Waals surface area contributed by atoms with Crippen molar-refractivity contribution in [1.82, 2.24) is 4.98 Å². The van der Waals surface area contributed by atoms with Gasteiger partial charge in [0.25, 0.3) is 0 Å². The molecule has 4 rings (SSSR count). The third kappa shape index (κ3) is 3.78. The van der Waals surface area contributed by atoms with E-state index in [1.165, 1.54) is 29.5 Å². The van der Waals surface area contributed by atoms with E-state index in [9.17, 15) is 13.6 Å². The number of aryl methyl sites for hydroxylation is 1. The molecule has 140 valence electrons. The highest BCUT2D eigenvalue weighted by atomic mass is 32.1. The second-order valence-corrected chi connectivity index (χ2v) is 7.86. The number of hydrogen-bond donors (Lipinski definition) is 1. The summed E-state index contributed by atoms with van der Waals surface area (Å²) in [6.07, 6.45) is 1.64. The number of hydrogen-bond acceptors (Lipinski definition) is 4. The number of carbonyl (C=O) groups excluding carboxylic acids is 1. The van der Waals surface area contributed by atoms with Gasteiger partial charge in [-0.05, 0) is 55.7 Å². The highest BCUT2D eigenvalue weighted by Crippen LogP contribution is 2.32. The maximum Gasteiger partial charge on any atom is 0.229 e. The topological polar surface area (TPSA) is 45.2 Å². The first kappa shape index (κ1) is 17.9. The van der Waals surface area contributed by atoms with Crippen LogP contribution in [-0.4, -0.2) is 24.0 Å². The maximum atomic E-state index is 13.7. The van der Waals surface area contributed by atoms with Gasteiger partial charge in [0.15, 0.2) is 5.13 Å². The summed E-state index contributed by atoms with van der Waals surface area (Å²) in [7, 11) is 0. The number of thiazole rings is 1. The summed E-state index contributed by atoms with van der Waals surface area (Å²) < 4.78 is 27.9. The molecule has 0 spiro atoms. The Morgan fingerprint density at radius 3 is 2.93 bits per heavy atom. The molecule has 1 fully saturated rings. The summed E-state index contributed by atoms with van der Waals surface area (Å²) in [4.78, 5) is 19.3. The Bertz CT molecular complexity index is 1000. The van der Waals surface area contributed by atoms with E-state index in [2.05, 4.69) is 15.2 Å². The van der Waals surface area contributed by atoms with Crippen LogP contribution in [0.3, 0.4) is 0 Å². The van der Waals surface area contributed by atoms with Gasteiger partial charge in [0.2, 0.25) is 5.91 Å². The van der Waals surface area contributed by atoms with Gasteiger partial charge >= 0.3 is 0 Å². The van der Waals surface area contributed by atoms with E-state index in [1.807, 2.05) is 0 Å². The highest BCUT2D eigenvalue weighted by Gasteiger charge is 2.27. The molecule has 0 aliphatic carbocycles. The summed E-state index contributed by atoms with van der Waals surface area (Å²) in [6, 6.07) is 9.26. The van der Waals surface area contributed by atoms with Crippen molar-refractivity contribution >= 4 is 38.3 Å². The van der Waals surface area contributed by atoms with Crippen LogP contribution in [0.2, 0.25) is 0 Å². The number of rotatable bonds is 3. The first-order chi connectivity index (χ1) is 13.0. The Kier molecular flexibility index (Phi) is 4.78. The molecule has 1 N–H and O–H groups in total. The van der Waals surface area contributed by atoms with Crippen molar-refractivity contribution in [3.8, 4) is 0 Å². The molecule has 3 aromatic rings. The molecule has 27 heavy (non-hydrogen) atoms. The van der Waals surface area contributed by atoms with Crippen LogP contribution in [-0.2, 0) is 4.79 Å². The van der Waals surface area contributed by atoms with E-state index in [-0.39, 0.29) is 23.5 Å². The monoisotopic (exact) mass is 387 g/mol. The lowest BCUT2D eigenvalue weighted by atomic mass is 9.97. The maximum absolute atomic E-state index is 13.7. The van der Waals surface area contributed by atoms with E-state index < -0.39 is 0 Å². The molecule has 1 aliphatic heterocycles. The molecule has 1 aliphatic rings. The fourth-order valence-electron chi connectivity index (χ4n) is 3.30. The minimum Gasteiger partial charge on any atom is -0.347 e. The van der Waals surface area contributed by atoms with Crippen molar-refractivity contribution in [3.05, 3.63) is 53.6 Å². The van der Waals surface area contributed by atoms with Crippen LogP contribution in [0, 0.1) is 24.5 Å². The Morgan fingerprint density at radius 2 is 2.11 bits per heavy atom. The largest absolute Gasteiger partial charge is 0.347 e. The molecule has 0 saturated carbocycles. The first-order valence-electron chi connectivity index (χ1n) is 8.87. The number of aromatic nitrogens is 1. The molecule has 1 aromatic heterocycles. The van der Waals surface area contributed by atoms with Crippen molar-refractivity contribution in [2.75, 3.05) is 23.3 Å². The fourth-order valence-corrected chi connectivity index (χ4v) is 4.33. The van der Waals surface area contributed by atoms with Crippen LogP contribution in [0.5, 0.6) is 0 Å². The SMILES string of the molecule is Cc1ccc(NC(=O)C2CCCN(c3nc4ccc(F)cc4s3)C2)cc1F. The van der Waals surface area contributed by atoms with Crippen molar-refractivity contribution in [2.45, 2.75) is 19.8 Å². The summed E-state index contributed by atoms with van der Waals surface area (Å²) in [6.45, 7) is 3.04. The van der Waals surface area contributed by atoms with Crippen LogP contribution in [0.4, 0.5) is 19.6 Å². The van der Waals surface area contributed by atoms with E-state index >= 15 is 0 Å². The predicted molar refractivity (Wildman–Crippen MR) is 104 cm³/mol. The zero-order valence-electron chi connectivity index (χ0n) is 14.8. The number of anilines is 2. The van der Waals surface area contributed by atoms with Crippen LogP contribution < -0.4 is 10.2 Å². The molecule has 0 radical (unpaired) electrons. The number of piperidine rings is 1. The van der Waals surface area contributed by atoms with E-state index in [1.54, 1.807) is 25.1 Å². The van der Waals surface area contributed by atoms with E-state index in [0.717, 1.165) is 34.7 Å². The quantitative estimate of drug-likeness (QED) is 0.706. The minimum atomic E-state index is -0.334. The molecule has 1 amide bonds. The standard InChI is InChI=1S/C20H19F2N3OS/c1-12-4-6-15(10-16(12)22)23-19(26)13-3-2-8-25(11-13)20-24-17-7-5-14(21)9-18(17)27-20/h4-7,9-10,13H,2-3,8,11H2,1H3,(H,23,26). The molecule has 0 bridgehead atoms. The molecule has 1 unspecified atom stereocenters. The number of amides is 1. The van der Waals surface area contributed by atoms with Crippen molar-refractivity contribution < 1.29 is 13.6 Å². The van der Waals surface area contributed by atoms with Gasteiger partial charge < -0.3 is 10.2 Å². The number of carbonyl (C=O) groups is 1. The Labute approximate surface area is 159 Å². The minimum absolute atomic E-state index is 0.116. The van der Waals surface area contributed by atoms with Gasteiger partial charge in [0, 0.05) is 18.8 Å². The smallest absolute Gasteiger partial charge is 0.229 e. The highest BCUT2D eigenvalue weighted by molar-refractivity contribution is 7.22. The van der Waals surface area contributed by atoms with Gasteiger partial charge in [-0.3, -0.25) is 4.79 Å². The first-order valence-corrected chi connectivity index (χ1v) is 9.69. The summed E-state index contributed by atoms with van der Waals surface area (Å²) in [5.41, 5.74) is 1.78. The van der Waals surface area contributed by atoms with Crippen LogP contribution in [0.1, 0.15) is 18.4 Å². The molecule has 2 aromatic carbocycles. The molecule has 1 saturated heterocycles. The van der Waals surface area contributed by atoms with Crippen molar-refractivity contribution in [1.29, 1.82) is 0 Å². The van der Waals surface area contributed by atoms with Crippen LogP contribution >= 0.6 is 11.3 Å². The fraction of sp³-hybridized carbons (Fsp3) is 0.300. The van der Waals surface area contributed by atoms with Gasteiger partial charge in [0.05, 0.1) is 16.1 Å². The van der Waals surface area contributed by atoms with E-state index in [4.69, 9.17) is 0 Å². The number of benzene rings is 2. The lowest BCUT2D eigenvalue weighted by Crippen LogP contribution is -2.40. The molecule has 7 heteroatoms. The van der Waals surface area contributed by atoms with Crippen molar-refractivity contribution in [3.63, 3.8) is 0 Å². The van der Waals surface area contributed by atoms with Gasteiger partial charge in [-0.25, -0.2) is 13.8 Å². The molecule has 1 atom stereocenters. The summed E-state index contributed by atoms with van der Waals surface area (Å²) in [5.74, 6) is -0.930. The zero-order valence-corrected chi connectivity index (χ0v) is 15.7. The predicted octanol–water partition coefficient (Wildman–Crippen LogP) is 4.74. The van der Waals surface area contributed by atoms with Gasteiger partial charge in [-0.15, -0.1) is 0 Å². The van der Waals surface area contributed by atoms with Crippen LogP contribution in [0.15, 0.2) is 36.4 Å². The normalized spacial score (nSPS) is 17.3. The molecule has 4 nitrogen and oxygen atoms in total. The Morgan fingerprint density at radius 1 is 1.26 bits per heavy atom. The average molecular weight is 387 g/mol. The number of fused-ring (bicyclic) bond motifs is 1. The van der Waals surface area contributed by atoms with Gasteiger partial charge in [0.1, 0.15) is 11.6 Å². The number of halogens is 2. The van der Waals surface area contributed by atoms with Gasteiger partial charge in [-0.1, -0.05) is 17.4 Å². The summed E-state index contributed by atoms with van der Waals surface area (Å²) >= 11 is 1.43. The van der Waals surface area contributed by atoms with Gasteiger partial charge in [-0.2, -0.15) is 0 Å². The zero-order chi connectivity index (χ0) is 19.0. The third-order valence-corrected chi connectivity index (χ3v) is 5.92. The molecular formula is C20H19F2N3OS. The second kappa shape index (κ2) is 7.23. The average Bonchev–Trinajstić information content (AvgIpc) is 3.08. The lowest BCUT2D eigenvalue weighted by Gasteiger charge is -2.31. The number of nitrogens with zero attached hydrogens (tertiary/aromatic N) is 2. The Balaban J connectivity index is 1.48. The Hall–Kier alpha value is -2.54.